The SMILES string of the molecule is C#CCOc1ccccc1CNCC(CC(C)C)N(C)C. The summed E-state index contributed by atoms with van der Waals surface area (Å²) in [7, 11) is 4.28. The molecule has 116 valence electrons. The van der Waals surface area contributed by atoms with Crippen molar-refractivity contribution in [1.82, 2.24) is 10.2 Å². The van der Waals surface area contributed by atoms with E-state index in [4.69, 9.17) is 11.2 Å². The van der Waals surface area contributed by atoms with E-state index in [1.807, 2.05) is 18.2 Å². The number of nitrogens with zero attached hydrogens (tertiary/aromatic N) is 1. The van der Waals surface area contributed by atoms with Crippen LogP contribution in [0, 0.1) is 18.3 Å². The zero-order chi connectivity index (χ0) is 15.7. The maximum absolute atomic E-state index is 5.57. The van der Waals surface area contributed by atoms with E-state index in [1.165, 1.54) is 6.42 Å². The number of hydrogen-bond acceptors (Lipinski definition) is 3. The molecule has 0 aliphatic carbocycles. The number of rotatable bonds is 9. The number of ether oxygens (including phenoxy) is 1. The first-order chi connectivity index (χ1) is 10.0. The minimum Gasteiger partial charge on any atom is -0.481 e. The van der Waals surface area contributed by atoms with Crippen LogP contribution in [0.1, 0.15) is 25.8 Å². The minimum absolute atomic E-state index is 0.310. The third kappa shape index (κ3) is 6.66. The second-order valence-electron chi connectivity index (χ2n) is 5.98. The van der Waals surface area contributed by atoms with Crippen molar-refractivity contribution < 1.29 is 4.74 Å². The number of terminal acetylenes is 1. The summed E-state index contributed by atoms with van der Waals surface area (Å²) in [6, 6.07) is 8.58. The van der Waals surface area contributed by atoms with Gasteiger partial charge in [-0.25, -0.2) is 0 Å². The van der Waals surface area contributed by atoms with Crippen molar-refractivity contribution in [2.75, 3.05) is 27.2 Å². The van der Waals surface area contributed by atoms with E-state index in [0.717, 1.165) is 24.4 Å². The van der Waals surface area contributed by atoms with Gasteiger partial charge in [-0.2, -0.15) is 0 Å². The molecule has 0 aliphatic rings. The molecular weight excluding hydrogens is 260 g/mol. The van der Waals surface area contributed by atoms with Gasteiger partial charge in [-0.15, -0.1) is 6.42 Å². The van der Waals surface area contributed by atoms with Crippen molar-refractivity contribution in [3.8, 4) is 18.1 Å². The summed E-state index contributed by atoms with van der Waals surface area (Å²) < 4.78 is 5.57. The van der Waals surface area contributed by atoms with Gasteiger partial charge in [-0.3, -0.25) is 0 Å². The first kappa shape index (κ1) is 17.6. The van der Waals surface area contributed by atoms with Gasteiger partial charge < -0.3 is 15.0 Å². The Labute approximate surface area is 129 Å². The van der Waals surface area contributed by atoms with E-state index in [9.17, 15) is 0 Å². The lowest BCUT2D eigenvalue weighted by Crippen LogP contribution is -2.38. The van der Waals surface area contributed by atoms with Gasteiger partial charge in [0.1, 0.15) is 12.4 Å². The normalized spacial score (nSPS) is 12.4. The Morgan fingerprint density at radius 3 is 2.62 bits per heavy atom. The van der Waals surface area contributed by atoms with Crippen LogP contribution in [0.2, 0.25) is 0 Å². The average Bonchev–Trinajstić information content (AvgIpc) is 2.44. The van der Waals surface area contributed by atoms with Crippen molar-refractivity contribution in [1.29, 1.82) is 0 Å². The number of likely N-dealkylation sites (N-methyl/N-ethyl adjacent to an activating group) is 1. The lowest BCUT2D eigenvalue weighted by molar-refractivity contribution is 0.246. The fourth-order valence-corrected chi connectivity index (χ4v) is 2.30. The summed E-state index contributed by atoms with van der Waals surface area (Å²) in [5.41, 5.74) is 1.15. The third-order valence-corrected chi connectivity index (χ3v) is 3.45. The maximum atomic E-state index is 5.57. The van der Waals surface area contributed by atoms with Crippen molar-refractivity contribution in [2.24, 2.45) is 5.92 Å². The summed E-state index contributed by atoms with van der Waals surface area (Å²) in [6.07, 6.45) is 6.44. The quantitative estimate of drug-likeness (QED) is 0.707. The van der Waals surface area contributed by atoms with Crippen LogP contribution < -0.4 is 10.1 Å². The molecule has 1 aromatic rings. The Bertz CT molecular complexity index is 449. The van der Waals surface area contributed by atoms with E-state index in [-0.39, 0.29) is 0 Å². The fraction of sp³-hybridized carbons (Fsp3) is 0.556. The van der Waals surface area contributed by atoms with Gasteiger partial charge in [-0.05, 0) is 32.5 Å². The van der Waals surface area contributed by atoms with Crippen LogP contribution in [0.5, 0.6) is 5.75 Å². The molecule has 0 saturated heterocycles. The van der Waals surface area contributed by atoms with E-state index in [1.54, 1.807) is 0 Å². The highest BCUT2D eigenvalue weighted by molar-refractivity contribution is 5.33. The summed E-state index contributed by atoms with van der Waals surface area (Å²) in [5.74, 6) is 4.07. The average molecular weight is 288 g/mol. The van der Waals surface area contributed by atoms with Crippen LogP contribution in [0.4, 0.5) is 0 Å². The van der Waals surface area contributed by atoms with Crippen molar-refractivity contribution in [3.63, 3.8) is 0 Å². The Morgan fingerprint density at radius 2 is 2.00 bits per heavy atom. The molecule has 3 nitrogen and oxygen atoms in total. The predicted octanol–water partition coefficient (Wildman–Crippen LogP) is 2.76. The lowest BCUT2D eigenvalue weighted by atomic mass is 10.0. The van der Waals surface area contributed by atoms with Gasteiger partial charge in [0, 0.05) is 24.7 Å². The molecule has 0 aromatic heterocycles. The summed E-state index contributed by atoms with van der Waals surface area (Å²) >= 11 is 0. The van der Waals surface area contributed by atoms with E-state index in [2.05, 4.69) is 50.1 Å². The number of para-hydroxylation sites is 1. The molecule has 0 amide bonds. The van der Waals surface area contributed by atoms with Crippen LogP contribution in [-0.2, 0) is 6.54 Å². The van der Waals surface area contributed by atoms with Crippen LogP contribution in [-0.4, -0.2) is 38.2 Å². The van der Waals surface area contributed by atoms with Crippen molar-refractivity contribution in [2.45, 2.75) is 32.9 Å². The van der Waals surface area contributed by atoms with Gasteiger partial charge in [0.2, 0.25) is 0 Å². The van der Waals surface area contributed by atoms with Gasteiger partial charge >= 0.3 is 0 Å². The smallest absolute Gasteiger partial charge is 0.148 e. The molecule has 1 N–H and O–H groups in total. The Balaban J connectivity index is 2.52. The molecule has 0 radical (unpaired) electrons. The van der Waals surface area contributed by atoms with E-state index in [0.29, 0.717) is 18.6 Å². The number of benzene rings is 1. The van der Waals surface area contributed by atoms with Gasteiger partial charge in [0.05, 0.1) is 0 Å². The summed E-state index contributed by atoms with van der Waals surface area (Å²) in [4.78, 5) is 2.29. The van der Waals surface area contributed by atoms with Gasteiger partial charge in [-0.1, -0.05) is 38.0 Å². The fourth-order valence-electron chi connectivity index (χ4n) is 2.30. The first-order valence-corrected chi connectivity index (χ1v) is 7.56. The molecule has 0 aliphatic heterocycles. The molecule has 0 bridgehead atoms. The zero-order valence-electron chi connectivity index (χ0n) is 13.7. The maximum Gasteiger partial charge on any atom is 0.148 e. The zero-order valence-corrected chi connectivity index (χ0v) is 13.7. The number of nitrogens with one attached hydrogen (secondary N) is 1. The third-order valence-electron chi connectivity index (χ3n) is 3.45. The topological polar surface area (TPSA) is 24.5 Å². The highest BCUT2D eigenvalue weighted by Crippen LogP contribution is 2.17. The van der Waals surface area contributed by atoms with Crippen LogP contribution in [0.15, 0.2) is 24.3 Å². The lowest BCUT2D eigenvalue weighted by Gasteiger charge is -2.26. The molecule has 1 atom stereocenters. The second kappa shape index (κ2) is 9.44. The summed E-state index contributed by atoms with van der Waals surface area (Å²) in [6.45, 7) is 6.60. The van der Waals surface area contributed by atoms with Crippen LogP contribution >= 0.6 is 0 Å². The highest BCUT2D eigenvalue weighted by Gasteiger charge is 2.13. The Hall–Kier alpha value is -1.50. The molecular formula is C18H28N2O. The van der Waals surface area contributed by atoms with Crippen molar-refractivity contribution in [3.05, 3.63) is 29.8 Å². The van der Waals surface area contributed by atoms with Crippen LogP contribution in [0.3, 0.4) is 0 Å². The van der Waals surface area contributed by atoms with E-state index < -0.39 is 0 Å². The van der Waals surface area contributed by atoms with Crippen LogP contribution in [0.25, 0.3) is 0 Å². The molecule has 0 fully saturated rings. The monoisotopic (exact) mass is 288 g/mol. The molecule has 0 spiro atoms. The van der Waals surface area contributed by atoms with Gasteiger partial charge in [0.25, 0.3) is 0 Å². The summed E-state index contributed by atoms with van der Waals surface area (Å²) in [5, 5.41) is 3.53. The Morgan fingerprint density at radius 1 is 1.29 bits per heavy atom. The minimum atomic E-state index is 0.310. The predicted molar refractivity (Wildman–Crippen MR) is 89.4 cm³/mol. The molecule has 1 unspecified atom stereocenters. The molecule has 0 heterocycles. The first-order valence-electron chi connectivity index (χ1n) is 7.56. The van der Waals surface area contributed by atoms with Crippen molar-refractivity contribution >= 4 is 0 Å². The molecule has 1 aromatic carbocycles. The number of hydrogen-bond donors (Lipinski definition) is 1. The highest BCUT2D eigenvalue weighted by atomic mass is 16.5. The van der Waals surface area contributed by atoms with E-state index >= 15 is 0 Å². The molecule has 21 heavy (non-hydrogen) atoms. The Kier molecular flexibility index (Phi) is 7.89. The second-order valence-corrected chi connectivity index (χ2v) is 5.98. The molecule has 0 saturated carbocycles. The molecule has 3 heteroatoms. The largest absolute Gasteiger partial charge is 0.481 e. The standard InChI is InChI=1S/C18H28N2O/c1-6-11-21-18-10-8-7-9-16(18)13-19-14-17(20(4)5)12-15(2)3/h1,7-10,15,17,19H,11-14H2,2-5H3. The van der Waals surface area contributed by atoms with Gasteiger partial charge in [0.15, 0.2) is 0 Å². The molecule has 1 rings (SSSR count).